The summed E-state index contributed by atoms with van der Waals surface area (Å²) in [7, 11) is 1.67. The summed E-state index contributed by atoms with van der Waals surface area (Å²) in [4.78, 5) is 0. The van der Waals surface area contributed by atoms with Crippen LogP contribution in [0.15, 0.2) is 42.5 Å². The summed E-state index contributed by atoms with van der Waals surface area (Å²) < 4.78 is 5.33. The van der Waals surface area contributed by atoms with Crippen molar-refractivity contribution in [2.75, 3.05) is 7.11 Å². The first-order valence-electron chi connectivity index (χ1n) is 5.92. The van der Waals surface area contributed by atoms with Crippen molar-refractivity contribution >= 4 is 0 Å². The van der Waals surface area contributed by atoms with Gasteiger partial charge < -0.3 is 4.74 Å². The average molecular weight is 236 g/mol. The van der Waals surface area contributed by atoms with Crippen molar-refractivity contribution in [2.45, 2.75) is 13.8 Å². The van der Waals surface area contributed by atoms with Crippen LogP contribution in [0.2, 0.25) is 0 Å². The van der Waals surface area contributed by atoms with Gasteiger partial charge in [0.25, 0.3) is 0 Å². The molecule has 18 heavy (non-hydrogen) atoms. The van der Waals surface area contributed by atoms with Gasteiger partial charge in [0.05, 0.1) is 12.7 Å². The maximum atomic E-state index is 5.33. The van der Waals surface area contributed by atoms with E-state index in [-0.39, 0.29) is 0 Å². The van der Waals surface area contributed by atoms with E-state index in [9.17, 15) is 0 Å². The molecule has 0 spiro atoms. The molecule has 0 aliphatic heterocycles. The van der Waals surface area contributed by atoms with E-state index in [1.807, 2.05) is 37.3 Å². The first-order valence-corrected chi connectivity index (χ1v) is 5.92. The molecule has 0 atom stereocenters. The highest BCUT2D eigenvalue weighted by Crippen LogP contribution is 2.18. The van der Waals surface area contributed by atoms with Gasteiger partial charge in [0.15, 0.2) is 0 Å². The van der Waals surface area contributed by atoms with Crippen molar-refractivity contribution in [3.05, 3.63) is 64.7 Å². The lowest BCUT2D eigenvalue weighted by atomic mass is 10.1. The molecule has 0 N–H and O–H groups in total. The molecule has 0 unspecified atom stereocenters. The number of benzene rings is 2. The van der Waals surface area contributed by atoms with Crippen LogP contribution >= 0.6 is 0 Å². The van der Waals surface area contributed by atoms with Gasteiger partial charge in [-0.25, -0.2) is 0 Å². The third-order valence-corrected chi connectivity index (χ3v) is 2.75. The summed E-state index contributed by atoms with van der Waals surface area (Å²) in [6.07, 6.45) is 0. The molecule has 2 aromatic rings. The van der Waals surface area contributed by atoms with Gasteiger partial charge in [0.2, 0.25) is 0 Å². The number of ether oxygens (including phenoxy) is 1. The molecule has 0 aliphatic carbocycles. The maximum Gasteiger partial charge on any atom is 0.134 e. The van der Waals surface area contributed by atoms with Crippen LogP contribution in [0.3, 0.4) is 0 Å². The van der Waals surface area contributed by atoms with Crippen molar-refractivity contribution < 1.29 is 4.74 Å². The van der Waals surface area contributed by atoms with Gasteiger partial charge in [-0.3, -0.25) is 0 Å². The Morgan fingerprint density at radius 1 is 0.833 bits per heavy atom. The molecule has 0 aromatic heterocycles. The Hall–Kier alpha value is -2.20. The minimum Gasteiger partial charge on any atom is -0.495 e. The molecule has 90 valence electrons. The van der Waals surface area contributed by atoms with Gasteiger partial charge in [-0.15, -0.1) is 0 Å². The molecular weight excluding hydrogens is 220 g/mol. The zero-order chi connectivity index (χ0) is 13.0. The van der Waals surface area contributed by atoms with Gasteiger partial charge in [0, 0.05) is 5.56 Å². The summed E-state index contributed by atoms with van der Waals surface area (Å²) in [6.45, 7) is 4.11. The van der Waals surface area contributed by atoms with Crippen LogP contribution in [-0.2, 0) is 0 Å². The number of hydrogen-bond donors (Lipinski definition) is 0. The summed E-state index contributed by atoms with van der Waals surface area (Å²) in [6, 6.07) is 14.2. The Kier molecular flexibility index (Phi) is 3.69. The SMILES string of the molecule is COc1cc(C)ccc1C#Cc1ccc(C)cc1. The van der Waals surface area contributed by atoms with E-state index in [0.29, 0.717) is 0 Å². The average Bonchev–Trinajstić information content (AvgIpc) is 2.39. The Balaban J connectivity index is 2.32. The highest BCUT2D eigenvalue weighted by Gasteiger charge is 1.99. The van der Waals surface area contributed by atoms with Crippen LogP contribution < -0.4 is 4.74 Å². The second kappa shape index (κ2) is 5.42. The lowest BCUT2D eigenvalue weighted by Crippen LogP contribution is -1.88. The molecule has 2 rings (SSSR count). The molecule has 0 heterocycles. The zero-order valence-corrected chi connectivity index (χ0v) is 10.9. The van der Waals surface area contributed by atoms with Gasteiger partial charge in [0.1, 0.15) is 5.75 Å². The van der Waals surface area contributed by atoms with E-state index in [0.717, 1.165) is 16.9 Å². The van der Waals surface area contributed by atoms with Crippen LogP contribution in [0.5, 0.6) is 5.75 Å². The van der Waals surface area contributed by atoms with Gasteiger partial charge in [-0.1, -0.05) is 35.6 Å². The summed E-state index contributed by atoms with van der Waals surface area (Å²) in [5.41, 5.74) is 4.35. The van der Waals surface area contributed by atoms with Gasteiger partial charge in [-0.2, -0.15) is 0 Å². The van der Waals surface area contributed by atoms with E-state index in [4.69, 9.17) is 4.74 Å². The van der Waals surface area contributed by atoms with Gasteiger partial charge >= 0.3 is 0 Å². The van der Waals surface area contributed by atoms with Crippen molar-refractivity contribution in [3.63, 3.8) is 0 Å². The van der Waals surface area contributed by atoms with E-state index >= 15 is 0 Å². The maximum absolute atomic E-state index is 5.33. The molecular formula is C17H16O. The fourth-order valence-corrected chi connectivity index (χ4v) is 1.68. The first kappa shape index (κ1) is 12.3. The molecule has 0 radical (unpaired) electrons. The van der Waals surface area contributed by atoms with Crippen molar-refractivity contribution in [2.24, 2.45) is 0 Å². The normalized spacial score (nSPS) is 9.50. The van der Waals surface area contributed by atoms with Crippen LogP contribution in [0.25, 0.3) is 0 Å². The van der Waals surface area contributed by atoms with Crippen LogP contribution in [0, 0.1) is 25.7 Å². The monoisotopic (exact) mass is 236 g/mol. The molecule has 1 heteroatoms. The Morgan fingerprint density at radius 2 is 1.50 bits per heavy atom. The molecule has 0 bridgehead atoms. The quantitative estimate of drug-likeness (QED) is 0.686. The minimum atomic E-state index is 0.828. The smallest absolute Gasteiger partial charge is 0.134 e. The number of hydrogen-bond acceptors (Lipinski definition) is 1. The third-order valence-electron chi connectivity index (χ3n) is 2.75. The predicted octanol–water partition coefficient (Wildman–Crippen LogP) is 3.71. The Bertz CT molecular complexity index is 598. The number of methoxy groups -OCH3 is 1. The summed E-state index contributed by atoms with van der Waals surface area (Å²) in [5, 5.41) is 0. The minimum absolute atomic E-state index is 0.828. The molecule has 2 aromatic carbocycles. The number of aryl methyl sites for hydroxylation is 2. The molecule has 0 saturated carbocycles. The molecule has 0 amide bonds. The summed E-state index contributed by atoms with van der Waals surface area (Å²) >= 11 is 0. The highest BCUT2D eigenvalue weighted by molar-refractivity contribution is 5.51. The second-order valence-corrected chi connectivity index (χ2v) is 4.32. The predicted molar refractivity (Wildman–Crippen MR) is 74.9 cm³/mol. The van der Waals surface area contributed by atoms with E-state index in [1.165, 1.54) is 11.1 Å². The second-order valence-electron chi connectivity index (χ2n) is 4.32. The largest absolute Gasteiger partial charge is 0.495 e. The topological polar surface area (TPSA) is 9.23 Å². The van der Waals surface area contributed by atoms with Crippen LogP contribution in [0.4, 0.5) is 0 Å². The van der Waals surface area contributed by atoms with Crippen molar-refractivity contribution in [1.29, 1.82) is 0 Å². The standard InChI is InChI=1S/C17H16O/c1-13-4-7-15(8-5-13)9-11-16-10-6-14(2)12-17(16)18-3/h4-8,10,12H,1-3H3. The third kappa shape index (κ3) is 2.93. The first-order chi connectivity index (χ1) is 8.69. The molecule has 0 aliphatic rings. The van der Waals surface area contributed by atoms with E-state index < -0.39 is 0 Å². The van der Waals surface area contributed by atoms with E-state index in [1.54, 1.807) is 7.11 Å². The lowest BCUT2D eigenvalue weighted by molar-refractivity contribution is 0.413. The molecule has 1 nitrogen and oxygen atoms in total. The Morgan fingerprint density at radius 3 is 2.17 bits per heavy atom. The Labute approximate surface area is 108 Å². The fraction of sp³-hybridized carbons (Fsp3) is 0.176. The molecule has 0 fully saturated rings. The van der Waals surface area contributed by atoms with Crippen molar-refractivity contribution in [3.8, 4) is 17.6 Å². The highest BCUT2D eigenvalue weighted by atomic mass is 16.5. The summed E-state index contributed by atoms with van der Waals surface area (Å²) in [5.74, 6) is 7.13. The van der Waals surface area contributed by atoms with E-state index in [2.05, 4.69) is 30.9 Å². The number of rotatable bonds is 1. The fourth-order valence-electron chi connectivity index (χ4n) is 1.68. The van der Waals surface area contributed by atoms with Crippen molar-refractivity contribution in [1.82, 2.24) is 0 Å². The van der Waals surface area contributed by atoms with Crippen LogP contribution in [0.1, 0.15) is 22.3 Å². The molecule has 0 saturated heterocycles. The van der Waals surface area contributed by atoms with Crippen LogP contribution in [-0.4, -0.2) is 7.11 Å². The lowest BCUT2D eigenvalue weighted by Gasteiger charge is -2.03. The van der Waals surface area contributed by atoms with Gasteiger partial charge in [-0.05, 0) is 43.7 Å². The zero-order valence-electron chi connectivity index (χ0n) is 10.9.